The van der Waals surface area contributed by atoms with Gasteiger partial charge in [0.25, 0.3) is 0 Å². The molecule has 0 bridgehead atoms. The smallest absolute Gasteiger partial charge is 0.339 e. The molecule has 0 fully saturated rings. The number of rotatable bonds is 1. The molecule has 0 aliphatic rings. The Kier molecular flexibility index (Phi) is 2.50. The first kappa shape index (κ1) is 11.4. The maximum Gasteiger partial charge on any atom is 0.339 e. The second-order valence-electron chi connectivity index (χ2n) is 4.05. The summed E-state index contributed by atoms with van der Waals surface area (Å²) in [5.41, 5.74) is 1.26. The van der Waals surface area contributed by atoms with E-state index < -0.39 is 5.97 Å². The van der Waals surface area contributed by atoms with Crippen LogP contribution in [0.4, 0.5) is 0 Å². The minimum absolute atomic E-state index is 0.0193. The molecule has 0 atom stereocenters. The van der Waals surface area contributed by atoms with Gasteiger partial charge >= 0.3 is 5.97 Å². The van der Waals surface area contributed by atoms with Gasteiger partial charge in [-0.3, -0.25) is 4.79 Å². The Morgan fingerprint density at radius 1 is 1.24 bits per heavy atom. The predicted molar refractivity (Wildman–Crippen MR) is 63.7 cm³/mol. The topological polar surface area (TPSA) is 67.5 Å². The van der Waals surface area contributed by atoms with Crippen LogP contribution in [0.5, 0.6) is 0 Å². The molecular weight excluding hydrogens is 220 g/mol. The molecule has 2 rings (SSSR count). The van der Waals surface area contributed by atoms with E-state index in [2.05, 4.69) is 0 Å². The van der Waals surface area contributed by atoms with Gasteiger partial charge in [-0.2, -0.15) is 0 Å². The normalized spacial score (nSPS) is 10.8. The van der Waals surface area contributed by atoms with E-state index in [1.807, 2.05) is 0 Å². The lowest BCUT2D eigenvalue weighted by Crippen LogP contribution is -2.11. The third-order valence-corrected chi connectivity index (χ3v) is 2.95. The SMILES string of the molecule is Cc1oc2c(C(=O)O)ccc(C)c2c(=O)c1C. The number of carbonyl (C=O) groups is 1. The Hall–Kier alpha value is -2.10. The van der Waals surface area contributed by atoms with Crippen LogP contribution in [0.25, 0.3) is 11.0 Å². The van der Waals surface area contributed by atoms with E-state index >= 15 is 0 Å². The fourth-order valence-corrected chi connectivity index (χ4v) is 1.81. The van der Waals surface area contributed by atoms with Gasteiger partial charge in [0.05, 0.1) is 5.39 Å². The third kappa shape index (κ3) is 1.62. The van der Waals surface area contributed by atoms with Crippen molar-refractivity contribution in [3.05, 3.63) is 44.8 Å². The molecule has 0 unspecified atom stereocenters. The maximum absolute atomic E-state index is 12.1. The fraction of sp³-hybridized carbons (Fsp3) is 0.231. The van der Waals surface area contributed by atoms with Crippen LogP contribution in [0.3, 0.4) is 0 Å². The number of hydrogen-bond acceptors (Lipinski definition) is 3. The lowest BCUT2D eigenvalue weighted by Gasteiger charge is -2.07. The van der Waals surface area contributed by atoms with Gasteiger partial charge in [-0.05, 0) is 32.4 Å². The van der Waals surface area contributed by atoms with Crippen LogP contribution < -0.4 is 5.43 Å². The quantitative estimate of drug-likeness (QED) is 0.819. The molecule has 0 saturated carbocycles. The molecule has 4 heteroatoms. The molecule has 0 radical (unpaired) electrons. The molecule has 88 valence electrons. The van der Waals surface area contributed by atoms with Gasteiger partial charge in [-0.1, -0.05) is 6.07 Å². The van der Waals surface area contributed by atoms with Crippen molar-refractivity contribution in [1.82, 2.24) is 0 Å². The molecule has 0 aliphatic heterocycles. The second-order valence-corrected chi connectivity index (χ2v) is 4.05. The zero-order valence-electron chi connectivity index (χ0n) is 9.83. The molecule has 4 nitrogen and oxygen atoms in total. The summed E-state index contributed by atoms with van der Waals surface area (Å²) in [4.78, 5) is 23.2. The number of carboxylic acids is 1. The van der Waals surface area contributed by atoms with Crippen molar-refractivity contribution in [2.75, 3.05) is 0 Å². The fourth-order valence-electron chi connectivity index (χ4n) is 1.81. The molecule has 1 N–H and O–H groups in total. The van der Waals surface area contributed by atoms with Crippen molar-refractivity contribution in [3.63, 3.8) is 0 Å². The molecule has 0 amide bonds. The van der Waals surface area contributed by atoms with Gasteiger partial charge in [0.1, 0.15) is 11.3 Å². The Balaban J connectivity index is 3.08. The number of aromatic carboxylic acids is 1. The van der Waals surface area contributed by atoms with Gasteiger partial charge in [0, 0.05) is 5.56 Å². The summed E-state index contributed by atoms with van der Waals surface area (Å²) < 4.78 is 5.47. The first-order valence-corrected chi connectivity index (χ1v) is 5.20. The van der Waals surface area contributed by atoms with Crippen molar-refractivity contribution in [3.8, 4) is 0 Å². The van der Waals surface area contributed by atoms with Crippen molar-refractivity contribution in [2.45, 2.75) is 20.8 Å². The number of aryl methyl sites for hydroxylation is 2. The van der Waals surface area contributed by atoms with E-state index in [4.69, 9.17) is 9.52 Å². The Labute approximate surface area is 97.5 Å². The highest BCUT2D eigenvalue weighted by molar-refractivity contribution is 6.01. The highest BCUT2D eigenvalue weighted by Crippen LogP contribution is 2.22. The predicted octanol–water partition coefficient (Wildman–Crippen LogP) is 2.42. The summed E-state index contributed by atoms with van der Waals surface area (Å²) in [5.74, 6) is -0.642. The summed E-state index contributed by atoms with van der Waals surface area (Å²) in [6.45, 7) is 5.09. The van der Waals surface area contributed by atoms with E-state index in [-0.39, 0.29) is 16.6 Å². The minimum atomic E-state index is -1.10. The van der Waals surface area contributed by atoms with Crippen molar-refractivity contribution in [2.24, 2.45) is 0 Å². The largest absolute Gasteiger partial charge is 0.478 e. The first-order chi connectivity index (χ1) is 7.93. The number of fused-ring (bicyclic) bond motifs is 1. The zero-order chi connectivity index (χ0) is 12.7. The van der Waals surface area contributed by atoms with Gasteiger partial charge in [-0.15, -0.1) is 0 Å². The van der Waals surface area contributed by atoms with E-state index in [0.717, 1.165) is 5.56 Å². The van der Waals surface area contributed by atoms with E-state index in [0.29, 0.717) is 16.7 Å². The standard InChI is InChI=1S/C13H12O4/c1-6-4-5-9(13(15)16)12-10(6)11(14)7(2)8(3)17-12/h4-5H,1-3H3,(H,15,16). The molecule has 2 aromatic rings. The highest BCUT2D eigenvalue weighted by atomic mass is 16.4. The van der Waals surface area contributed by atoms with Gasteiger partial charge in [-0.25, -0.2) is 4.79 Å². The van der Waals surface area contributed by atoms with Crippen LogP contribution in [0.15, 0.2) is 21.3 Å². The lowest BCUT2D eigenvalue weighted by atomic mass is 10.0. The van der Waals surface area contributed by atoms with Crippen molar-refractivity contribution in [1.29, 1.82) is 0 Å². The molecular formula is C13H12O4. The van der Waals surface area contributed by atoms with Gasteiger partial charge < -0.3 is 9.52 Å². The summed E-state index contributed by atoms with van der Waals surface area (Å²) in [6.07, 6.45) is 0. The van der Waals surface area contributed by atoms with Crippen LogP contribution in [-0.4, -0.2) is 11.1 Å². The maximum atomic E-state index is 12.1. The summed E-state index contributed by atoms with van der Waals surface area (Å²) >= 11 is 0. The molecule has 17 heavy (non-hydrogen) atoms. The lowest BCUT2D eigenvalue weighted by molar-refractivity contribution is 0.0697. The highest BCUT2D eigenvalue weighted by Gasteiger charge is 2.16. The van der Waals surface area contributed by atoms with Crippen LogP contribution in [0.2, 0.25) is 0 Å². The first-order valence-electron chi connectivity index (χ1n) is 5.20. The third-order valence-electron chi connectivity index (χ3n) is 2.95. The Bertz CT molecular complexity index is 680. The summed E-state index contributed by atoms with van der Waals surface area (Å²) in [6, 6.07) is 3.08. The Morgan fingerprint density at radius 3 is 2.47 bits per heavy atom. The van der Waals surface area contributed by atoms with Crippen LogP contribution in [0, 0.1) is 20.8 Å². The number of hydrogen-bond donors (Lipinski definition) is 1. The molecule has 0 saturated heterocycles. The average Bonchev–Trinajstić information content (AvgIpc) is 2.25. The molecule has 0 aliphatic carbocycles. The second kappa shape index (κ2) is 3.73. The summed E-state index contributed by atoms with van der Waals surface area (Å²) in [7, 11) is 0. The molecule has 1 aromatic heterocycles. The number of carboxylic acid groups (broad SMARTS) is 1. The monoisotopic (exact) mass is 232 g/mol. The van der Waals surface area contributed by atoms with E-state index in [1.54, 1.807) is 26.8 Å². The zero-order valence-corrected chi connectivity index (χ0v) is 9.83. The number of benzene rings is 1. The van der Waals surface area contributed by atoms with E-state index in [1.165, 1.54) is 6.07 Å². The minimum Gasteiger partial charge on any atom is -0.478 e. The van der Waals surface area contributed by atoms with E-state index in [9.17, 15) is 9.59 Å². The summed E-state index contributed by atoms with van der Waals surface area (Å²) in [5, 5.41) is 9.42. The van der Waals surface area contributed by atoms with Gasteiger partial charge in [0.2, 0.25) is 0 Å². The van der Waals surface area contributed by atoms with Crippen molar-refractivity contribution >= 4 is 16.9 Å². The Morgan fingerprint density at radius 2 is 1.88 bits per heavy atom. The molecule has 0 spiro atoms. The molecule has 1 aromatic carbocycles. The molecule has 1 heterocycles. The van der Waals surface area contributed by atoms with Gasteiger partial charge in [0.15, 0.2) is 11.0 Å². The van der Waals surface area contributed by atoms with Crippen LogP contribution in [0.1, 0.15) is 27.2 Å². The van der Waals surface area contributed by atoms with Crippen molar-refractivity contribution < 1.29 is 14.3 Å². The van der Waals surface area contributed by atoms with Crippen LogP contribution >= 0.6 is 0 Å². The van der Waals surface area contributed by atoms with Crippen LogP contribution in [-0.2, 0) is 0 Å². The average molecular weight is 232 g/mol.